The van der Waals surface area contributed by atoms with Gasteiger partial charge in [0.05, 0.1) is 13.2 Å². The highest BCUT2D eigenvalue weighted by Gasteiger charge is 2.44. The molecule has 0 spiro atoms. The molecule has 13 heteroatoms. The van der Waals surface area contributed by atoms with Crippen LogP contribution in [0, 0.1) is 5.82 Å². The van der Waals surface area contributed by atoms with Gasteiger partial charge in [0.25, 0.3) is 11.8 Å². The molecule has 12 nitrogen and oxygen atoms in total. The summed E-state index contributed by atoms with van der Waals surface area (Å²) in [5.41, 5.74) is -0.0614. The first-order valence-electron chi connectivity index (χ1n) is 11.4. The Labute approximate surface area is 205 Å². The molecule has 194 valence electrons. The van der Waals surface area contributed by atoms with E-state index in [1.807, 2.05) is 0 Å². The molecule has 4 amide bonds. The maximum atomic E-state index is 14.0. The molecule has 2 heterocycles. The number of fused-ring (bicyclic) bond motifs is 1. The van der Waals surface area contributed by atoms with E-state index >= 15 is 0 Å². The van der Waals surface area contributed by atoms with E-state index in [1.165, 1.54) is 24.3 Å². The first-order chi connectivity index (χ1) is 17.2. The Balaban J connectivity index is 1.79. The van der Waals surface area contributed by atoms with Gasteiger partial charge in [0, 0.05) is 24.9 Å². The zero-order chi connectivity index (χ0) is 26.4. The molecule has 2 aliphatic heterocycles. The van der Waals surface area contributed by atoms with Crippen LogP contribution in [0.15, 0.2) is 18.2 Å². The van der Waals surface area contributed by atoms with Crippen LogP contribution in [0.1, 0.15) is 48.9 Å². The minimum Gasteiger partial charge on any atom is -0.494 e. The predicted octanol–water partition coefficient (Wildman–Crippen LogP) is 0.00960. The van der Waals surface area contributed by atoms with Gasteiger partial charge in [-0.2, -0.15) is 0 Å². The Morgan fingerprint density at radius 2 is 2.03 bits per heavy atom. The molecule has 36 heavy (non-hydrogen) atoms. The van der Waals surface area contributed by atoms with Crippen LogP contribution >= 0.6 is 0 Å². The molecule has 0 unspecified atom stereocenters. The highest BCUT2D eigenvalue weighted by atomic mass is 19.1. The number of aldehydes is 1. The molecule has 3 N–H and O–H groups in total. The van der Waals surface area contributed by atoms with Crippen molar-refractivity contribution in [1.29, 1.82) is 0 Å². The van der Waals surface area contributed by atoms with Gasteiger partial charge in [-0.3, -0.25) is 29.0 Å². The molecule has 0 aromatic heterocycles. The second-order valence-electron chi connectivity index (χ2n) is 8.46. The summed E-state index contributed by atoms with van der Waals surface area (Å²) < 4.78 is 18.9. The number of nitrogens with zero attached hydrogens (tertiary/aromatic N) is 2. The molecule has 2 fully saturated rings. The lowest BCUT2D eigenvalue weighted by atomic mass is 10.0. The van der Waals surface area contributed by atoms with Gasteiger partial charge in [-0.1, -0.05) is 0 Å². The number of carbonyl (C=O) groups excluding carboxylic acids is 5. The van der Waals surface area contributed by atoms with Gasteiger partial charge in [0.2, 0.25) is 11.8 Å². The van der Waals surface area contributed by atoms with Gasteiger partial charge >= 0.3 is 5.97 Å². The van der Waals surface area contributed by atoms with Crippen LogP contribution in [-0.4, -0.2) is 82.8 Å². The van der Waals surface area contributed by atoms with Gasteiger partial charge in [-0.15, -0.1) is 0 Å². The minimum atomic E-state index is -1.17. The van der Waals surface area contributed by atoms with Crippen molar-refractivity contribution in [1.82, 2.24) is 20.7 Å². The Morgan fingerprint density at radius 3 is 2.67 bits per heavy atom. The fraction of sp³-hybridized carbons (Fsp3) is 0.478. The number of benzene rings is 1. The van der Waals surface area contributed by atoms with Crippen molar-refractivity contribution in [2.75, 3.05) is 13.7 Å². The van der Waals surface area contributed by atoms with E-state index in [9.17, 15) is 33.2 Å². The summed E-state index contributed by atoms with van der Waals surface area (Å²) in [6, 6.07) is 0.160. The number of hydrazine groups is 1. The number of aliphatic carboxylic acids is 1. The second-order valence-corrected chi connectivity index (χ2v) is 8.46. The molecule has 2 aliphatic rings. The van der Waals surface area contributed by atoms with Crippen LogP contribution in [0.3, 0.4) is 0 Å². The maximum Gasteiger partial charge on any atom is 0.303 e. The smallest absolute Gasteiger partial charge is 0.303 e. The molecule has 0 bridgehead atoms. The lowest BCUT2D eigenvalue weighted by Crippen LogP contribution is -2.64. The Morgan fingerprint density at radius 1 is 1.28 bits per heavy atom. The summed E-state index contributed by atoms with van der Waals surface area (Å²) in [5, 5.41) is 16.0. The normalized spacial score (nSPS) is 20.6. The van der Waals surface area contributed by atoms with Gasteiger partial charge in [-0.05, 0) is 43.9 Å². The average molecular weight is 506 g/mol. The molecule has 3 rings (SSSR count). The number of carboxylic acids is 1. The number of carboxylic acid groups (broad SMARTS) is 1. The molecular weight excluding hydrogens is 479 g/mol. The zero-order valence-corrected chi connectivity index (χ0v) is 19.6. The molecular formula is C23H27FN4O8. The quantitative estimate of drug-likeness (QED) is 0.395. The average Bonchev–Trinajstić information content (AvgIpc) is 2.98. The Kier molecular flexibility index (Phi) is 8.56. The molecule has 0 saturated carbocycles. The summed E-state index contributed by atoms with van der Waals surface area (Å²) in [6.45, 7) is 0.189. The van der Waals surface area contributed by atoms with Crippen LogP contribution in [0.5, 0.6) is 5.75 Å². The van der Waals surface area contributed by atoms with Gasteiger partial charge in [-0.25, -0.2) is 9.40 Å². The molecule has 0 radical (unpaired) electrons. The fourth-order valence-electron chi connectivity index (χ4n) is 4.19. The largest absolute Gasteiger partial charge is 0.494 e. The molecule has 1 aromatic carbocycles. The predicted molar refractivity (Wildman–Crippen MR) is 120 cm³/mol. The summed E-state index contributed by atoms with van der Waals surface area (Å²) >= 11 is 0. The van der Waals surface area contributed by atoms with Gasteiger partial charge in [0.1, 0.15) is 18.4 Å². The van der Waals surface area contributed by atoms with E-state index in [-0.39, 0.29) is 50.0 Å². The monoisotopic (exact) mass is 506 g/mol. The Bertz CT molecular complexity index is 1060. The van der Waals surface area contributed by atoms with E-state index in [0.717, 1.165) is 11.1 Å². The number of amides is 4. The van der Waals surface area contributed by atoms with Crippen LogP contribution in [0.25, 0.3) is 0 Å². The van der Waals surface area contributed by atoms with Crippen molar-refractivity contribution >= 4 is 35.9 Å². The van der Waals surface area contributed by atoms with Crippen molar-refractivity contribution in [2.45, 2.75) is 56.7 Å². The number of carbonyl (C=O) groups is 6. The van der Waals surface area contributed by atoms with E-state index in [4.69, 9.17) is 9.84 Å². The van der Waals surface area contributed by atoms with Gasteiger partial charge in [0.15, 0.2) is 11.6 Å². The lowest BCUT2D eigenvalue weighted by molar-refractivity contribution is -0.176. The number of halogens is 1. The topological polar surface area (TPSA) is 162 Å². The third-order valence-electron chi connectivity index (χ3n) is 6.04. The summed E-state index contributed by atoms with van der Waals surface area (Å²) in [5.74, 6) is -4.53. The van der Waals surface area contributed by atoms with Crippen LogP contribution < -0.4 is 15.4 Å². The standard InChI is InChI=1S/C23H27FN4O8/c1-36-18-7-4-13(11-15(18)24)21(33)26-16-6-8-19(30)27-10-2-3-17(28(27)23(16)35)22(34)25-14(12-29)5-9-20(31)32/h4,7,11-12,14,16-17H,2-3,5-6,8-10H2,1H3,(H,25,34)(H,26,33)(H,31,32)/t14-,16-,17-/m0/s1. The highest BCUT2D eigenvalue weighted by Crippen LogP contribution is 2.25. The summed E-state index contributed by atoms with van der Waals surface area (Å²) in [4.78, 5) is 74.0. The number of hydrogen-bond donors (Lipinski definition) is 3. The first-order valence-corrected chi connectivity index (χ1v) is 11.4. The van der Waals surface area contributed by atoms with Gasteiger partial charge < -0.3 is 25.3 Å². The SMILES string of the molecule is COc1ccc(C(=O)N[C@H]2CCC(=O)N3CCC[C@@H](C(=O)N[C@H](C=O)CCC(=O)O)N3C2=O)cc1F. The van der Waals surface area contributed by atoms with Crippen LogP contribution in [0.2, 0.25) is 0 Å². The summed E-state index contributed by atoms with van der Waals surface area (Å²) in [6.07, 6.45) is 0.431. The lowest BCUT2D eigenvalue weighted by Gasteiger charge is -2.43. The molecule has 1 aromatic rings. The first kappa shape index (κ1) is 26.6. The summed E-state index contributed by atoms with van der Waals surface area (Å²) in [7, 11) is 1.28. The molecule has 3 atom stereocenters. The third-order valence-corrected chi connectivity index (χ3v) is 6.04. The Hall–Kier alpha value is -4.03. The van der Waals surface area contributed by atoms with Crippen molar-refractivity contribution in [3.8, 4) is 5.75 Å². The van der Waals surface area contributed by atoms with Crippen molar-refractivity contribution in [3.05, 3.63) is 29.6 Å². The zero-order valence-electron chi connectivity index (χ0n) is 19.6. The third kappa shape index (κ3) is 5.96. The molecule has 0 aliphatic carbocycles. The number of rotatable bonds is 9. The maximum absolute atomic E-state index is 14.0. The fourth-order valence-corrected chi connectivity index (χ4v) is 4.19. The van der Waals surface area contributed by atoms with Crippen molar-refractivity contribution in [2.24, 2.45) is 0 Å². The van der Waals surface area contributed by atoms with Crippen molar-refractivity contribution < 1.29 is 43.0 Å². The van der Waals surface area contributed by atoms with E-state index in [0.29, 0.717) is 12.7 Å². The van der Waals surface area contributed by atoms with Crippen molar-refractivity contribution in [3.63, 3.8) is 0 Å². The van der Waals surface area contributed by atoms with E-state index in [2.05, 4.69) is 10.6 Å². The highest BCUT2D eigenvalue weighted by molar-refractivity contribution is 6.00. The van der Waals surface area contributed by atoms with Crippen LogP contribution in [0.4, 0.5) is 4.39 Å². The van der Waals surface area contributed by atoms with E-state index in [1.54, 1.807) is 0 Å². The number of ether oxygens (including phenoxy) is 1. The second kappa shape index (κ2) is 11.6. The minimum absolute atomic E-state index is 0.0288. The number of methoxy groups -OCH3 is 1. The number of hydrogen-bond acceptors (Lipinski definition) is 7. The van der Waals surface area contributed by atoms with E-state index < -0.39 is 53.5 Å². The number of nitrogens with one attached hydrogen (secondary N) is 2. The van der Waals surface area contributed by atoms with Crippen LogP contribution in [-0.2, 0) is 24.0 Å². The molecule has 2 saturated heterocycles.